The highest BCUT2D eigenvalue weighted by atomic mass is 19.2. The molecule has 2 fully saturated rings. The van der Waals surface area contributed by atoms with Crippen molar-refractivity contribution in [3.8, 4) is 6.07 Å². The Labute approximate surface area is 172 Å². The first-order chi connectivity index (χ1) is 14.4. The third kappa shape index (κ3) is 3.89. The lowest BCUT2D eigenvalue weighted by atomic mass is 9.93. The maximum absolute atomic E-state index is 14.4. The lowest BCUT2D eigenvalue weighted by Gasteiger charge is -2.36. The molecule has 2 saturated heterocycles. The van der Waals surface area contributed by atoms with E-state index < -0.39 is 29.0 Å². The van der Waals surface area contributed by atoms with Crippen LogP contribution in [0.1, 0.15) is 30.0 Å². The van der Waals surface area contributed by atoms with Gasteiger partial charge in [-0.15, -0.1) is 0 Å². The van der Waals surface area contributed by atoms with Crippen LogP contribution in [0.2, 0.25) is 0 Å². The number of halogens is 3. The van der Waals surface area contributed by atoms with E-state index in [2.05, 4.69) is 38.3 Å². The molecule has 2 aliphatic heterocycles. The van der Waals surface area contributed by atoms with Gasteiger partial charge in [-0.3, -0.25) is 0 Å². The highest BCUT2D eigenvalue weighted by Gasteiger charge is 2.30. The number of anilines is 3. The van der Waals surface area contributed by atoms with Crippen LogP contribution in [0.3, 0.4) is 0 Å². The van der Waals surface area contributed by atoms with Crippen LogP contribution in [0.25, 0.3) is 0 Å². The maximum atomic E-state index is 14.4. The molecule has 158 valence electrons. The van der Waals surface area contributed by atoms with Crippen LogP contribution in [0.15, 0.2) is 6.07 Å². The number of hydrogen-bond acceptors (Lipinski definition) is 7. The summed E-state index contributed by atoms with van der Waals surface area (Å²) in [5, 5.41) is 11.7. The molecular weight excluding hydrogens is 395 g/mol. The summed E-state index contributed by atoms with van der Waals surface area (Å²) in [6.07, 6.45) is 1.84. The Morgan fingerprint density at radius 1 is 1.10 bits per heavy atom. The molecule has 0 bridgehead atoms. The standard InChI is InChI=1S/C20H22F3N7/c1-11-16(21)18(23)28-19(17(11)22)26-15-7-14(13-3-5-29(2)6-4-13)25-20(27-15)30-9-12(8-24)10-30/h7,12-13H,3-6,9-10H2,1-2H3,(H,25,26,27,28). The topological polar surface area (TPSA) is 81.0 Å². The summed E-state index contributed by atoms with van der Waals surface area (Å²) in [7, 11) is 2.07. The fourth-order valence-corrected chi connectivity index (χ4v) is 3.72. The third-order valence-electron chi connectivity index (χ3n) is 5.72. The second kappa shape index (κ2) is 8.07. The van der Waals surface area contributed by atoms with Gasteiger partial charge in [-0.25, -0.2) is 13.8 Å². The molecule has 0 radical (unpaired) electrons. The van der Waals surface area contributed by atoms with Crippen molar-refractivity contribution in [3.05, 3.63) is 34.9 Å². The van der Waals surface area contributed by atoms with Crippen LogP contribution >= 0.6 is 0 Å². The second-order valence-electron chi connectivity index (χ2n) is 7.92. The van der Waals surface area contributed by atoms with Gasteiger partial charge in [0.25, 0.3) is 5.95 Å². The van der Waals surface area contributed by atoms with E-state index in [0.29, 0.717) is 19.0 Å². The van der Waals surface area contributed by atoms with E-state index in [1.165, 1.54) is 0 Å². The Morgan fingerprint density at radius 2 is 1.80 bits per heavy atom. The molecule has 2 aliphatic rings. The zero-order valence-electron chi connectivity index (χ0n) is 16.8. The van der Waals surface area contributed by atoms with Gasteiger partial charge in [-0.1, -0.05) is 0 Å². The zero-order valence-corrected chi connectivity index (χ0v) is 16.8. The second-order valence-corrected chi connectivity index (χ2v) is 7.92. The average Bonchev–Trinajstić information content (AvgIpc) is 2.70. The highest BCUT2D eigenvalue weighted by molar-refractivity contribution is 5.56. The molecule has 4 heterocycles. The summed E-state index contributed by atoms with van der Waals surface area (Å²) in [6.45, 7) is 4.06. The summed E-state index contributed by atoms with van der Waals surface area (Å²) < 4.78 is 41.7. The zero-order chi connectivity index (χ0) is 21.4. The molecule has 0 aliphatic carbocycles. The lowest BCUT2D eigenvalue weighted by molar-refractivity contribution is 0.253. The monoisotopic (exact) mass is 417 g/mol. The number of nitrogens with zero attached hydrogens (tertiary/aromatic N) is 6. The van der Waals surface area contributed by atoms with Crippen LogP contribution in [0, 0.1) is 41.8 Å². The van der Waals surface area contributed by atoms with Gasteiger partial charge in [0.05, 0.1) is 17.7 Å². The molecule has 4 rings (SSSR count). The third-order valence-corrected chi connectivity index (χ3v) is 5.72. The number of rotatable bonds is 4. The molecule has 0 atom stereocenters. The summed E-state index contributed by atoms with van der Waals surface area (Å²) in [4.78, 5) is 16.6. The number of likely N-dealkylation sites (tertiary alicyclic amines) is 1. The first-order valence-electron chi connectivity index (χ1n) is 9.86. The van der Waals surface area contributed by atoms with E-state index in [1.807, 2.05) is 4.90 Å². The number of pyridine rings is 1. The number of nitriles is 1. The Kier molecular flexibility index (Phi) is 5.47. The van der Waals surface area contributed by atoms with E-state index in [-0.39, 0.29) is 17.7 Å². The van der Waals surface area contributed by atoms with E-state index in [0.717, 1.165) is 38.5 Å². The lowest BCUT2D eigenvalue weighted by Crippen LogP contribution is -2.47. The van der Waals surface area contributed by atoms with E-state index in [1.54, 1.807) is 6.07 Å². The average molecular weight is 417 g/mol. The van der Waals surface area contributed by atoms with Gasteiger partial charge in [0.15, 0.2) is 17.5 Å². The van der Waals surface area contributed by atoms with Crippen LogP contribution < -0.4 is 10.2 Å². The van der Waals surface area contributed by atoms with Crippen LogP contribution in [-0.2, 0) is 0 Å². The first-order valence-corrected chi connectivity index (χ1v) is 9.86. The quantitative estimate of drug-likeness (QED) is 0.766. The summed E-state index contributed by atoms with van der Waals surface area (Å²) in [5.74, 6) is -3.26. The first kappa shape index (κ1) is 20.3. The molecule has 0 amide bonds. The molecule has 2 aromatic heterocycles. The Bertz CT molecular complexity index is 993. The molecule has 0 unspecified atom stereocenters. The van der Waals surface area contributed by atoms with Gasteiger partial charge in [0.1, 0.15) is 5.82 Å². The minimum atomic E-state index is -1.37. The van der Waals surface area contributed by atoms with Gasteiger partial charge in [-0.05, 0) is 39.9 Å². The molecule has 30 heavy (non-hydrogen) atoms. The molecular formula is C20H22F3N7. The number of nitrogens with one attached hydrogen (secondary N) is 1. The van der Waals surface area contributed by atoms with Crippen molar-refractivity contribution in [2.45, 2.75) is 25.7 Å². The van der Waals surface area contributed by atoms with Gasteiger partial charge in [0.2, 0.25) is 5.95 Å². The molecule has 2 aromatic rings. The smallest absolute Gasteiger partial charge is 0.251 e. The number of piperidine rings is 1. The van der Waals surface area contributed by atoms with Crippen molar-refractivity contribution >= 4 is 17.6 Å². The molecule has 0 aromatic carbocycles. The molecule has 0 saturated carbocycles. The van der Waals surface area contributed by atoms with E-state index >= 15 is 0 Å². The Balaban J connectivity index is 1.67. The number of aromatic nitrogens is 3. The van der Waals surface area contributed by atoms with Crippen molar-refractivity contribution in [2.75, 3.05) is 43.4 Å². The van der Waals surface area contributed by atoms with Gasteiger partial charge in [-0.2, -0.15) is 19.6 Å². The normalized spacial score (nSPS) is 18.2. The predicted molar refractivity (Wildman–Crippen MR) is 105 cm³/mol. The molecule has 1 N–H and O–H groups in total. The van der Waals surface area contributed by atoms with Crippen molar-refractivity contribution < 1.29 is 13.2 Å². The largest absolute Gasteiger partial charge is 0.338 e. The fraction of sp³-hybridized carbons (Fsp3) is 0.500. The summed E-state index contributed by atoms with van der Waals surface area (Å²) in [6, 6.07) is 3.92. The predicted octanol–water partition coefficient (Wildman–Crippen LogP) is 3.11. The highest BCUT2D eigenvalue weighted by Crippen LogP contribution is 2.32. The van der Waals surface area contributed by atoms with Crippen LogP contribution in [0.4, 0.5) is 30.8 Å². The van der Waals surface area contributed by atoms with Crippen molar-refractivity contribution in [3.63, 3.8) is 0 Å². The minimum absolute atomic E-state index is 0.0787. The van der Waals surface area contributed by atoms with E-state index in [4.69, 9.17) is 5.26 Å². The SMILES string of the molecule is Cc1c(F)c(F)nc(Nc2cc(C3CCN(C)CC3)nc(N3CC(C#N)C3)n2)c1F. The molecule has 7 nitrogen and oxygen atoms in total. The maximum Gasteiger partial charge on any atom is 0.251 e. The fourth-order valence-electron chi connectivity index (χ4n) is 3.72. The van der Waals surface area contributed by atoms with Gasteiger partial charge in [0, 0.05) is 30.6 Å². The van der Waals surface area contributed by atoms with Crippen molar-refractivity contribution in [1.29, 1.82) is 5.26 Å². The van der Waals surface area contributed by atoms with Crippen LogP contribution in [-0.4, -0.2) is 53.1 Å². The van der Waals surface area contributed by atoms with Crippen molar-refractivity contribution in [1.82, 2.24) is 19.9 Å². The molecule has 10 heteroatoms. The Morgan fingerprint density at radius 3 is 2.47 bits per heavy atom. The van der Waals surface area contributed by atoms with Gasteiger partial charge < -0.3 is 15.1 Å². The Hall–Kier alpha value is -2.93. The van der Waals surface area contributed by atoms with E-state index in [9.17, 15) is 13.2 Å². The van der Waals surface area contributed by atoms with Crippen LogP contribution in [0.5, 0.6) is 0 Å². The van der Waals surface area contributed by atoms with Gasteiger partial charge >= 0.3 is 0 Å². The van der Waals surface area contributed by atoms with Crippen molar-refractivity contribution in [2.24, 2.45) is 5.92 Å². The minimum Gasteiger partial charge on any atom is -0.338 e. The summed E-state index contributed by atoms with van der Waals surface area (Å²) >= 11 is 0. The number of hydrogen-bond donors (Lipinski definition) is 1. The summed E-state index contributed by atoms with van der Waals surface area (Å²) in [5.41, 5.74) is 0.352. The molecule has 0 spiro atoms.